The lowest BCUT2D eigenvalue weighted by Crippen LogP contribution is -2.20. The van der Waals surface area contributed by atoms with Gasteiger partial charge in [-0.25, -0.2) is 14.8 Å². The second kappa shape index (κ2) is 4.92. The summed E-state index contributed by atoms with van der Waals surface area (Å²) >= 11 is 1.63. The third-order valence-electron chi connectivity index (χ3n) is 2.26. The average Bonchev–Trinajstić information content (AvgIpc) is 2.81. The fourth-order valence-electron chi connectivity index (χ4n) is 1.49. The first-order valence-corrected chi connectivity index (χ1v) is 5.83. The standard InChI is InChI=1S/C11H11N3O2S/c1-14(6-8-3-2-4-17-8)10-9(11(15)16)5-12-7-13-10/h2-5,7H,6H2,1H3,(H,15,16). The molecule has 2 heterocycles. The van der Waals surface area contributed by atoms with Crippen molar-refractivity contribution < 1.29 is 9.90 Å². The molecule has 0 fully saturated rings. The summed E-state index contributed by atoms with van der Waals surface area (Å²) in [7, 11) is 1.81. The Morgan fingerprint density at radius 2 is 2.41 bits per heavy atom. The highest BCUT2D eigenvalue weighted by Crippen LogP contribution is 2.19. The zero-order valence-corrected chi connectivity index (χ0v) is 10.0. The molecule has 6 heteroatoms. The number of aromatic nitrogens is 2. The summed E-state index contributed by atoms with van der Waals surface area (Å²) in [4.78, 5) is 21.7. The van der Waals surface area contributed by atoms with Crippen molar-refractivity contribution in [2.75, 3.05) is 11.9 Å². The lowest BCUT2D eigenvalue weighted by molar-refractivity contribution is 0.0696. The maximum absolute atomic E-state index is 11.0. The molecule has 2 aromatic heterocycles. The van der Waals surface area contributed by atoms with Crippen LogP contribution in [0.25, 0.3) is 0 Å². The van der Waals surface area contributed by atoms with E-state index in [1.807, 2.05) is 24.6 Å². The first-order chi connectivity index (χ1) is 8.18. The molecule has 2 rings (SSSR count). The summed E-state index contributed by atoms with van der Waals surface area (Å²) in [6.07, 6.45) is 2.67. The predicted molar refractivity (Wildman–Crippen MR) is 65.4 cm³/mol. The van der Waals surface area contributed by atoms with Gasteiger partial charge < -0.3 is 10.0 Å². The molecule has 0 atom stereocenters. The van der Waals surface area contributed by atoms with Crippen LogP contribution in [0, 0.1) is 0 Å². The summed E-state index contributed by atoms with van der Waals surface area (Å²) in [5.41, 5.74) is 0.117. The topological polar surface area (TPSA) is 66.3 Å². The molecular weight excluding hydrogens is 238 g/mol. The predicted octanol–water partition coefficient (Wildman–Crippen LogP) is 1.87. The van der Waals surface area contributed by atoms with Crippen molar-refractivity contribution >= 4 is 23.1 Å². The minimum absolute atomic E-state index is 0.117. The van der Waals surface area contributed by atoms with Gasteiger partial charge in [0.2, 0.25) is 0 Å². The van der Waals surface area contributed by atoms with E-state index in [1.165, 1.54) is 12.5 Å². The van der Waals surface area contributed by atoms with Crippen molar-refractivity contribution in [3.63, 3.8) is 0 Å². The Balaban J connectivity index is 2.24. The minimum atomic E-state index is -1.02. The average molecular weight is 249 g/mol. The van der Waals surface area contributed by atoms with Crippen LogP contribution in [-0.2, 0) is 6.54 Å². The number of nitrogens with zero attached hydrogens (tertiary/aromatic N) is 3. The van der Waals surface area contributed by atoms with Gasteiger partial charge in [0.25, 0.3) is 0 Å². The van der Waals surface area contributed by atoms with E-state index in [9.17, 15) is 4.79 Å². The Labute approximate surface area is 102 Å². The molecule has 0 aliphatic heterocycles. The molecule has 88 valence electrons. The largest absolute Gasteiger partial charge is 0.477 e. The summed E-state index contributed by atoms with van der Waals surface area (Å²) in [5.74, 6) is -0.584. The van der Waals surface area contributed by atoms with Crippen molar-refractivity contribution in [3.8, 4) is 0 Å². The van der Waals surface area contributed by atoms with Gasteiger partial charge in [-0.1, -0.05) is 6.07 Å². The molecule has 0 bridgehead atoms. The van der Waals surface area contributed by atoms with Gasteiger partial charge in [-0.15, -0.1) is 11.3 Å². The fourth-order valence-corrected chi connectivity index (χ4v) is 2.25. The summed E-state index contributed by atoms with van der Waals surface area (Å²) in [5, 5.41) is 11.0. The highest BCUT2D eigenvalue weighted by molar-refractivity contribution is 7.09. The summed E-state index contributed by atoms with van der Waals surface area (Å²) in [6.45, 7) is 0.634. The summed E-state index contributed by atoms with van der Waals surface area (Å²) in [6, 6.07) is 3.97. The zero-order valence-electron chi connectivity index (χ0n) is 9.20. The first-order valence-electron chi connectivity index (χ1n) is 4.95. The maximum atomic E-state index is 11.0. The van der Waals surface area contributed by atoms with Crippen LogP contribution in [0.4, 0.5) is 5.82 Å². The number of thiophene rings is 1. The van der Waals surface area contributed by atoms with Crippen LogP contribution in [0.2, 0.25) is 0 Å². The van der Waals surface area contributed by atoms with Crippen molar-refractivity contribution in [2.24, 2.45) is 0 Å². The molecule has 0 unspecified atom stereocenters. The minimum Gasteiger partial charge on any atom is -0.477 e. The smallest absolute Gasteiger partial charge is 0.341 e. The van der Waals surface area contributed by atoms with E-state index in [2.05, 4.69) is 9.97 Å². The molecule has 0 saturated heterocycles. The normalized spacial score (nSPS) is 10.2. The van der Waals surface area contributed by atoms with Crippen molar-refractivity contribution in [2.45, 2.75) is 6.54 Å². The molecule has 0 aliphatic carbocycles. The maximum Gasteiger partial charge on any atom is 0.341 e. The third-order valence-corrected chi connectivity index (χ3v) is 3.12. The number of hydrogen-bond donors (Lipinski definition) is 1. The van der Waals surface area contributed by atoms with Crippen LogP contribution in [0.5, 0.6) is 0 Å². The third kappa shape index (κ3) is 2.59. The van der Waals surface area contributed by atoms with E-state index in [0.717, 1.165) is 4.88 Å². The van der Waals surface area contributed by atoms with Gasteiger partial charge in [0.15, 0.2) is 0 Å². The van der Waals surface area contributed by atoms with Gasteiger partial charge in [-0.05, 0) is 11.4 Å². The number of carbonyl (C=O) groups is 1. The van der Waals surface area contributed by atoms with Gasteiger partial charge in [0.05, 0.1) is 6.54 Å². The van der Waals surface area contributed by atoms with E-state index in [1.54, 1.807) is 16.2 Å². The molecule has 0 saturated carbocycles. The van der Waals surface area contributed by atoms with E-state index in [4.69, 9.17) is 5.11 Å². The Morgan fingerprint density at radius 3 is 3.06 bits per heavy atom. The Bertz CT molecular complexity index is 513. The van der Waals surface area contributed by atoms with Gasteiger partial charge in [0.1, 0.15) is 17.7 Å². The number of rotatable bonds is 4. The van der Waals surface area contributed by atoms with E-state index in [-0.39, 0.29) is 5.56 Å². The monoisotopic (exact) mass is 249 g/mol. The number of anilines is 1. The van der Waals surface area contributed by atoms with Crippen LogP contribution in [0.3, 0.4) is 0 Å². The zero-order chi connectivity index (χ0) is 12.3. The van der Waals surface area contributed by atoms with Gasteiger partial charge >= 0.3 is 5.97 Å². The van der Waals surface area contributed by atoms with Crippen LogP contribution in [-0.4, -0.2) is 28.1 Å². The van der Waals surface area contributed by atoms with Gasteiger partial charge in [0, 0.05) is 18.1 Å². The molecule has 0 amide bonds. The fraction of sp³-hybridized carbons (Fsp3) is 0.182. The quantitative estimate of drug-likeness (QED) is 0.896. The van der Waals surface area contributed by atoms with Crippen molar-refractivity contribution in [3.05, 3.63) is 40.5 Å². The molecule has 17 heavy (non-hydrogen) atoms. The molecule has 1 N–H and O–H groups in total. The van der Waals surface area contributed by atoms with Crippen LogP contribution < -0.4 is 4.90 Å². The summed E-state index contributed by atoms with van der Waals surface area (Å²) < 4.78 is 0. The van der Waals surface area contributed by atoms with Crippen molar-refractivity contribution in [1.82, 2.24) is 9.97 Å². The lowest BCUT2D eigenvalue weighted by Gasteiger charge is -2.18. The molecule has 5 nitrogen and oxygen atoms in total. The number of carboxylic acids is 1. The number of hydrogen-bond acceptors (Lipinski definition) is 5. The molecular formula is C11H11N3O2S. The van der Waals surface area contributed by atoms with Gasteiger partial charge in [-0.3, -0.25) is 0 Å². The Kier molecular flexibility index (Phi) is 3.34. The van der Waals surface area contributed by atoms with Crippen LogP contribution in [0.15, 0.2) is 30.0 Å². The first kappa shape index (κ1) is 11.5. The van der Waals surface area contributed by atoms with Crippen LogP contribution in [0.1, 0.15) is 15.2 Å². The molecule has 0 radical (unpaired) electrons. The highest BCUT2D eigenvalue weighted by Gasteiger charge is 2.15. The van der Waals surface area contributed by atoms with E-state index >= 15 is 0 Å². The second-order valence-corrected chi connectivity index (χ2v) is 4.53. The Morgan fingerprint density at radius 1 is 1.59 bits per heavy atom. The van der Waals surface area contributed by atoms with Gasteiger partial charge in [-0.2, -0.15) is 0 Å². The van der Waals surface area contributed by atoms with E-state index in [0.29, 0.717) is 12.4 Å². The molecule has 2 aromatic rings. The second-order valence-electron chi connectivity index (χ2n) is 3.50. The SMILES string of the molecule is CN(Cc1cccs1)c1ncncc1C(=O)O. The lowest BCUT2D eigenvalue weighted by atomic mass is 10.3. The van der Waals surface area contributed by atoms with Crippen LogP contribution >= 0.6 is 11.3 Å². The van der Waals surface area contributed by atoms with Crippen molar-refractivity contribution in [1.29, 1.82) is 0 Å². The molecule has 0 aliphatic rings. The van der Waals surface area contributed by atoms with E-state index < -0.39 is 5.97 Å². The Hall–Kier alpha value is -1.95. The molecule has 0 spiro atoms. The highest BCUT2D eigenvalue weighted by atomic mass is 32.1. The molecule has 0 aromatic carbocycles. The number of carboxylic acid groups (broad SMARTS) is 1. The number of aromatic carboxylic acids is 1.